The van der Waals surface area contributed by atoms with E-state index in [1.807, 2.05) is 0 Å². The number of aliphatic carboxylic acids is 1. The van der Waals surface area contributed by atoms with Crippen molar-refractivity contribution in [2.75, 3.05) is 11.6 Å². The van der Waals surface area contributed by atoms with Gasteiger partial charge in [-0.2, -0.15) is 0 Å². The molecule has 1 aliphatic heterocycles. The zero-order valence-corrected chi connectivity index (χ0v) is 5.07. The Hall–Kier alpha value is -0.220. The molecule has 1 aliphatic rings. The molecule has 0 aliphatic carbocycles. The first-order valence-electron chi connectivity index (χ1n) is 2.34. The minimum absolute atomic E-state index is 0.306. The summed E-state index contributed by atoms with van der Waals surface area (Å²) < 4.78 is 0. The van der Waals surface area contributed by atoms with Gasteiger partial charge in [0.05, 0.1) is 0 Å². The van der Waals surface area contributed by atoms with E-state index in [0.717, 1.165) is 5.88 Å². The third kappa shape index (κ3) is 1.14. The molecule has 8 heavy (non-hydrogen) atoms. The van der Waals surface area contributed by atoms with Crippen LogP contribution in [-0.4, -0.2) is 28.7 Å². The van der Waals surface area contributed by atoms with E-state index in [1.165, 1.54) is 0 Å². The number of thioether (sulfide) groups is 1. The fourth-order valence-electron chi connectivity index (χ4n) is 0.554. The summed E-state index contributed by atoms with van der Waals surface area (Å²) in [6.45, 7) is 0. The molecule has 0 amide bonds. The molecule has 0 spiro atoms. The smallest absolute Gasteiger partial charge is 0.321 e. The minimum Gasteiger partial charge on any atom is -0.480 e. The van der Waals surface area contributed by atoms with Crippen LogP contribution >= 0.6 is 11.8 Å². The first-order chi connectivity index (χ1) is 3.80. The van der Waals surface area contributed by atoms with Crippen LogP contribution in [0.4, 0.5) is 0 Å². The van der Waals surface area contributed by atoms with E-state index in [2.05, 4.69) is 5.32 Å². The molecule has 0 saturated carbocycles. The van der Waals surface area contributed by atoms with E-state index in [1.54, 1.807) is 11.8 Å². The van der Waals surface area contributed by atoms with Crippen LogP contribution in [0.2, 0.25) is 0 Å². The quantitative estimate of drug-likeness (QED) is 0.521. The fraction of sp³-hybridized carbons (Fsp3) is 0.750. The number of carbonyl (C=O) groups is 1. The molecule has 46 valence electrons. The van der Waals surface area contributed by atoms with E-state index in [-0.39, 0.29) is 6.04 Å². The van der Waals surface area contributed by atoms with Crippen LogP contribution in [0.5, 0.6) is 0 Å². The number of carboxylic acid groups (broad SMARTS) is 1. The Morgan fingerprint density at radius 1 is 1.88 bits per heavy atom. The van der Waals surface area contributed by atoms with Crippen molar-refractivity contribution in [3.05, 3.63) is 0 Å². The summed E-state index contributed by atoms with van der Waals surface area (Å²) in [7, 11) is 0. The number of rotatable bonds is 1. The van der Waals surface area contributed by atoms with Crippen LogP contribution < -0.4 is 5.32 Å². The summed E-state index contributed by atoms with van der Waals surface area (Å²) in [5, 5.41) is 11.2. The Morgan fingerprint density at radius 3 is 2.88 bits per heavy atom. The number of hydrogen-bond acceptors (Lipinski definition) is 3. The monoisotopic (exact) mass is 136 g/mol. The second kappa shape index (κ2) is 2.37. The van der Waals surface area contributed by atoms with Gasteiger partial charge in [-0.25, -0.2) is 0 Å². The molecule has 1 fully saturated rings. The summed E-state index contributed by atoms with van der Waals surface area (Å²) in [5.74, 6) is 0.738. The maximum Gasteiger partial charge on any atom is 0.321 e. The Labute approximate surface area is 51.5 Å². The molecule has 1 rings (SSSR count). The van der Waals surface area contributed by atoms with Crippen LogP contribution in [0.25, 0.3) is 0 Å². The molecule has 0 radical (unpaired) electrons. The number of hydrogen-bond donors (Lipinski definition) is 2. The Morgan fingerprint density at radius 2 is 2.62 bits per heavy atom. The second-order valence-electron chi connectivity index (χ2n) is 1.61. The Kier molecular flexibility index (Phi) is 1.75. The first kappa shape index (κ1) is 5.91. The maximum atomic E-state index is 10.1. The number of nitrogens with one attached hydrogen (secondary N) is 1. The average Bonchev–Trinajstić information content (AvgIpc) is 2.12. The lowest BCUT2D eigenvalue weighted by Crippen LogP contribution is -2.32. The highest BCUT2D eigenvalue weighted by Gasteiger charge is 2.20. The third-order valence-corrected chi connectivity index (χ3v) is 1.95. The summed E-state index contributed by atoms with van der Waals surface area (Å²) in [4.78, 5) is 10.1. The molecule has 1 heterocycles. The van der Waals surface area contributed by atoms with Gasteiger partial charge >= 0.3 is 5.97 Å². The van der Waals surface area contributed by atoms with Gasteiger partial charge in [0.1, 0.15) is 6.04 Å². The van der Waals surface area contributed by atoms with Crippen molar-refractivity contribution in [1.82, 2.24) is 5.32 Å². The lowest BCUT2D eigenvalue weighted by molar-refractivity contribution is -0.138. The van der Waals surface area contributed by atoms with Gasteiger partial charge in [-0.3, -0.25) is 10.1 Å². The molecule has 0 bridgehead atoms. The molecular weight excluding hydrogens is 129 g/mol. The Bertz CT molecular complexity index is 100. The maximum absolute atomic E-state index is 10.1. The second-order valence-corrected chi connectivity index (χ2v) is 2.64. The summed E-state index contributed by atoms with van der Waals surface area (Å²) in [6, 6.07) is -0.306. The van der Waals surface area contributed by atoms with E-state index in [0.29, 0.717) is 5.75 Å². The van der Waals surface area contributed by atoms with Crippen LogP contribution in [0.1, 0.15) is 0 Å². The molecule has 1 atom stereocenters. The molecule has 3 nitrogen and oxygen atoms in total. The molecular formula is C4H7NO2S. The van der Waals surface area contributed by atoms with Crippen molar-refractivity contribution < 1.29 is 9.90 Å². The topological polar surface area (TPSA) is 49.3 Å². The largest absolute Gasteiger partial charge is 0.480 e. The van der Waals surface area contributed by atoms with E-state index in [4.69, 9.17) is 5.11 Å². The van der Waals surface area contributed by atoms with Crippen LogP contribution in [0.3, 0.4) is 0 Å². The minimum atomic E-state index is -0.741. The van der Waals surface area contributed by atoms with Gasteiger partial charge in [0.25, 0.3) is 0 Å². The van der Waals surface area contributed by atoms with E-state index < -0.39 is 5.97 Å². The fourth-order valence-corrected chi connectivity index (χ4v) is 1.49. The summed E-state index contributed by atoms with van der Waals surface area (Å²) in [6.07, 6.45) is 0. The lowest BCUT2D eigenvalue weighted by atomic mass is 10.4. The van der Waals surface area contributed by atoms with Gasteiger partial charge in [0.15, 0.2) is 0 Å². The molecule has 1 saturated heterocycles. The van der Waals surface area contributed by atoms with Crippen molar-refractivity contribution in [3.63, 3.8) is 0 Å². The molecule has 2 N–H and O–H groups in total. The zero-order valence-electron chi connectivity index (χ0n) is 4.26. The first-order valence-corrected chi connectivity index (χ1v) is 3.50. The third-order valence-electron chi connectivity index (χ3n) is 1.01. The predicted molar refractivity (Wildman–Crippen MR) is 31.9 cm³/mol. The zero-order chi connectivity index (χ0) is 5.98. The van der Waals surface area contributed by atoms with Gasteiger partial charge in [-0.05, 0) is 0 Å². The number of carboxylic acids is 1. The van der Waals surface area contributed by atoms with Crippen molar-refractivity contribution in [2.45, 2.75) is 6.04 Å². The highest BCUT2D eigenvalue weighted by Crippen LogP contribution is 2.08. The molecule has 4 heteroatoms. The molecule has 0 aromatic carbocycles. The highest BCUT2D eigenvalue weighted by molar-refractivity contribution is 7.99. The van der Waals surface area contributed by atoms with Crippen molar-refractivity contribution in [3.8, 4) is 0 Å². The SMILES string of the molecule is O=C(O)[C@@H]1C[35S]CN1. The van der Waals surface area contributed by atoms with Crippen molar-refractivity contribution >= 4 is 17.7 Å². The van der Waals surface area contributed by atoms with Crippen LogP contribution in [0.15, 0.2) is 0 Å². The van der Waals surface area contributed by atoms with Crippen LogP contribution in [-0.2, 0) is 4.79 Å². The molecule has 0 aromatic rings. The van der Waals surface area contributed by atoms with Gasteiger partial charge < -0.3 is 5.11 Å². The summed E-state index contributed by atoms with van der Waals surface area (Å²) in [5.41, 5.74) is 0. The predicted octanol–water partition coefficient (Wildman–Crippen LogP) is -0.266. The van der Waals surface area contributed by atoms with E-state index in [9.17, 15) is 4.79 Å². The van der Waals surface area contributed by atoms with E-state index >= 15 is 0 Å². The lowest BCUT2D eigenvalue weighted by Gasteiger charge is -1.98. The molecule has 0 unspecified atom stereocenters. The van der Waals surface area contributed by atoms with Gasteiger partial charge in [-0.1, -0.05) is 0 Å². The summed E-state index contributed by atoms with van der Waals surface area (Å²) >= 11 is 1.62. The van der Waals surface area contributed by atoms with Crippen molar-refractivity contribution in [1.29, 1.82) is 0 Å². The average molecular weight is 136 g/mol. The Balaban J connectivity index is 2.35. The standard InChI is InChI=1S/C4H7NO2S/c6-4(7)3-1-8-2-5-3/h3,5H,1-2H2,(H,6,7)/t3-/m0/s1/i8+3. The molecule has 0 aromatic heterocycles. The normalized spacial score (nSPS) is 28.2. The van der Waals surface area contributed by atoms with Crippen molar-refractivity contribution in [2.24, 2.45) is 0 Å². The highest BCUT2D eigenvalue weighted by atomic mass is 35.1. The van der Waals surface area contributed by atoms with Gasteiger partial charge in [0.2, 0.25) is 0 Å². The van der Waals surface area contributed by atoms with Crippen LogP contribution in [0, 0.1) is 0 Å². The van der Waals surface area contributed by atoms with Gasteiger partial charge in [-0.15, -0.1) is 11.8 Å². The van der Waals surface area contributed by atoms with Gasteiger partial charge in [0, 0.05) is 11.6 Å².